The van der Waals surface area contributed by atoms with Gasteiger partial charge in [-0.1, -0.05) is 26.3 Å². The van der Waals surface area contributed by atoms with Crippen LogP contribution in [0.1, 0.15) is 33.1 Å². The van der Waals surface area contributed by atoms with Crippen molar-refractivity contribution >= 4 is 0 Å². The molecule has 0 heterocycles. The number of hydrogen-bond acceptors (Lipinski definition) is 1. The van der Waals surface area contributed by atoms with Crippen molar-refractivity contribution in [1.82, 2.24) is 0 Å². The summed E-state index contributed by atoms with van der Waals surface area (Å²) in [4.78, 5) is 0. The maximum absolute atomic E-state index is 5.75. The third-order valence-corrected chi connectivity index (χ3v) is 2.31. The minimum absolute atomic E-state index is 0.707. The maximum Gasteiger partial charge on any atom is 0.00454 e. The Balaban J connectivity index is 2.52. The summed E-state index contributed by atoms with van der Waals surface area (Å²) in [6.45, 7) is 4.49. The minimum Gasteiger partial charge on any atom is -0.402 e. The van der Waals surface area contributed by atoms with E-state index in [2.05, 4.69) is 19.9 Å². The van der Waals surface area contributed by atoms with Crippen LogP contribution in [0.25, 0.3) is 0 Å². The first-order chi connectivity index (χ1) is 4.72. The summed E-state index contributed by atoms with van der Waals surface area (Å²) in [5.41, 5.74) is 6.85. The average molecular weight is 139 g/mol. The van der Waals surface area contributed by atoms with Crippen LogP contribution >= 0.6 is 0 Å². The molecule has 0 aromatic carbocycles. The minimum atomic E-state index is 0.707. The summed E-state index contributed by atoms with van der Waals surface area (Å²) < 4.78 is 0. The summed E-state index contributed by atoms with van der Waals surface area (Å²) in [6, 6.07) is 0. The molecule has 0 aromatic heterocycles. The van der Waals surface area contributed by atoms with Gasteiger partial charge in [-0.15, -0.1) is 0 Å². The Morgan fingerprint density at radius 2 is 2.40 bits per heavy atom. The van der Waals surface area contributed by atoms with E-state index in [-0.39, 0.29) is 0 Å². The summed E-state index contributed by atoms with van der Waals surface area (Å²) in [5, 5.41) is 0. The van der Waals surface area contributed by atoms with Gasteiger partial charge in [0.05, 0.1) is 0 Å². The quantitative estimate of drug-likeness (QED) is 0.592. The van der Waals surface area contributed by atoms with Crippen LogP contribution < -0.4 is 5.73 Å². The highest BCUT2D eigenvalue weighted by Crippen LogP contribution is 2.27. The highest BCUT2D eigenvalue weighted by Gasteiger charge is 2.15. The average Bonchev–Trinajstić information content (AvgIpc) is 1.85. The lowest BCUT2D eigenvalue weighted by Crippen LogP contribution is -2.15. The van der Waals surface area contributed by atoms with E-state index in [9.17, 15) is 0 Å². The van der Waals surface area contributed by atoms with Crippen molar-refractivity contribution in [1.29, 1.82) is 0 Å². The first-order valence-electron chi connectivity index (χ1n) is 4.18. The molecule has 1 aliphatic carbocycles. The highest BCUT2D eigenvalue weighted by atomic mass is 14.6. The van der Waals surface area contributed by atoms with Gasteiger partial charge in [-0.25, -0.2) is 0 Å². The highest BCUT2D eigenvalue weighted by molar-refractivity contribution is 5.04. The Bertz CT molecular complexity index is 138. The monoisotopic (exact) mass is 139 g/mol. The van der Waals surface area contributed by atoms with Crippen LogP contribution in [0.3, 0.4) is 0 Å². The van der Waals surface area contributed by atoms with Crippen molar-refractivity contribution in [2.45, 2.75) is 33.1 Å². The molecular weight excluding hydrogens is 122 g/mol. The summed E-state index contributed by atoms with van der Waals surface area (Å²) in [6.07, 6.45) is 5.93. The molecule has 0 bridgehead atoms. The van der Waals surface area contributed by atoms with Gasteiger partial charge in [-0.05, 0) is 24.7 Å². The van der Waals surface area contributed by atoms with Crippen LogP contribution in [0, 0.1) is 11.8 Å². The molecule has 1 rings (SSSR count). The lowest BCUT2D eigenvalue weighted by atomic mass is 9.84. The predicted molar refractivity (Wildman–Crippen MR) is 44.4 cm³/mol. The van der Waals surface area contributed by atoms with Crippen LogP contribution in [0.4, 0.5) is 0 Å². The van der Waals surface area contributed by atoms with Gasteiger partial charge >= 0.3 is 0 Å². The van der Waals surface area contributed by atoms with Crippen molar-refractivity contribution in [3.63, 3.8) is 0 Å². The molecule has 1 heteroatoms. The van der Waals surface area contributed by atoms with Gasteiger partial charge in [0.2, 0.25) is 0 Å². The summed E-state index contributed by atoms with van der Waals surface area (Å²) in [5.74, 6) is 1.55. The number of hydrogen-bond donors (Lipinski definition) is 1. The Hall–Kier alpha value is -0.460. The molecule has 2 N–H and O–H groups in total. The molecule has 58 valence electrons. The molecule has 1 aliphatic rings. The molecule has 0 saturated carbocycles. The van der Waals surface area contributed by atoms with E-state index in [1.165, 1.54) is 12.8 Å². The third-order valence-electron chi connectivity index (χ3n) is 2.31. The number of allylic oxidation sites excluding steroid dienone is 2. The van der Waals surface area contributed by atoms with E-state index < -0.39 is 0 Å². The first kappa shape index (κ1) is 7.64. The van der Waals surface area contributed by atoms with Crippen LogP contribution in [-0.2, 0) is 0 Å². The lowest BCUT2D eigenvalue weighted by molar-refractivity contribution is 0.391. The van der Waals surface area contributed by atoms with E-state index in [4.69, 9.17) is 5.73 Å². The fourth-order valence-electron chi connectivity index (χ4n) is 1.75. The van der Waals surface area contributed by atoms with E-state index >= 15 is 0 Å². The zero-order valence-electron chi connectivity index (χ0n) is 6.93. The Labute approximate surface area is 63.3 Å². The van der Waals surface area contributed by atoms with Gasteiger partial charge in [0.1, 0.15) is 0 Å². The van der Waals surface area contributed by atoms with E-state index in [1.807, 2.05) is 0 Å². The second-order valence-corrected chi connectivity index (χ2v) is 3.43. The standard InChI is InChI=1S/C9H17N/c1-3-8-4-7(2)5-9(10)6-8/h5,7-8H,3-4,6,10H2,1-2H3. The zero-order chi connectivity index (χ0) is 7.56. The first-order valence-corrected chi connectivity index (χ1v) is 4.18. The molecule has 0 aliphatic heterocycles. The predicted octanol–water partition coefficient (Wildman–Crippen LogP) is 2.29. The lowest BCUT2D eigenvalue weighted by Gasteiger charge is -2.23. The van der Waals surface area contributed by atoms with Gasteiger partial charge in [0, 0.05) is 5.70 Å². The maximum atomic E-state index is 5.75. The Morgan fingerprint density at radius 3 is 2.90 bits per heavy atom. The van der Waals surface area contributed by atoms with Crippen molar-refractivity contribution in [3.05, 3.63) is 11.8 Å². The molecule has 2 atom stereocenters. The second-order valence-electron chi connectivity index (χ2n) is 3.43. The van der Waals surface area contributed by atoms with Gasteiger partial charge < -0.3 is 5.73 Å². The van der Waals surface area contributed by atoms with Gasteiger partial charge in [0.25, 0.3) is 0 Å². The van der Waals surface area contributed by atoms with Crippen LogP contribution in [-0.4, -0.2) is 0 Å². The van der Waals surface area contributed by atoms with Gasteiger partial charge in [0.15, 0.2) is 0 Å². The second kappa shape index (κ2) is 3.09. The molecule has 10 heavy (non-hydrogen) atoms. The topological polar surface area (TPSA) is 26.0 Å². The smallest absolute Gasteiger partial charge is 0.00454 e. The summed E-state index contributed by atoms with van der Waals surface area (Å²) in [7, 11) is 0. The van der Waals surface area contributed by atoms with E-state index in [1.54, 1.807) is 0 Å². The molecule has 0 radical (unpaired) electrons. The molecule has 0 amide bonds. The molecule has 2 unspecified atom stereocenters. The van der Waals surface area contributed by atoms with Gasteiger partial charge in [-0.2, -0.15) is 0 Å². The van der Waals surface area contributed by atoms with E-state index in [0.717, 1.165) is 18.0 Å². The zero-order valence-corrected chi connectivity index (χ0v) is 6.93. The molecule has 0 saturated heterocycles. The normalized spacial score (nSPS) is 33.6. The van der Waals surface area contributed by atoms with Crippen LogP contribution in [0.15, 0.2) is 11.8 Å². The summed E-state index contributed by atoms with van der Waals surface area (Å²) >= 11 is 0. The van der Waals surface area contributed by atoms with Crippen molar-refractivity contribution in [2.24, 2.45) is 17.6 Å². The molecule has 1 nitrogen and oxygen atoms in total. The largest absolute Gasteiger partial charge is 0.402 e. The van der Waals surface area contributed by atoms with Gasteiger partial charge in [-0.3, -0.25) is 0 Å². The van der Waals surface area contributed by atoms with Crippen molar-refractivity contribution in [3.8, 4) is 0 Å². The van der Waals surface area contributed by atoms with E-state index in [0.29, 0.717) is 5.92 Å². The van der Waals surface area contributed by atoms with Crippen molar-refractivity contribution in [2.75, 3.05) is 0 Å². The Kier molecular flexibility index (Phi) is 2.36. The molecule has 0 aromatic rings. The van der Waals surface area contributed by atoms with Crippen LogP contribution in [0.5, 0.6) is 0 Å². The SMILES string of the molecule is CCC1CC(N)=CC(C)C1. The molecular formula is C9H17N. The number of rotatable bonds is 1. The number of nitrogens with two attached hydrogens (primary N) is 1. The fraction of sp³-hybridized carbons (Fsp3) is 0.778. The fourth-order valence-corrected chi connectivity index (χ4v) is 1.75. The third kappa shape index (κ3) is 1.76. The Morgan fingerprint density at radius 1 is 1.70 bits per heavy atom. The molecule has 0 spiro atoms. The van der Waals surface area contributed by atoms with Crippen molar-refractivity contribution < 1.29 is 0 Å². The van der Waals surface area contributed by atoms with Crippen LogP contribution in [0.2, 0.25) is 0 Å². The molecule has 0 fully saturated rings.